The van der Waals surface area contributed by atoms with Gasteiger partial charge in [-0.1, -0.05) is 159 Å². The predicted octanol–water partition coefficient (Wildman–Crippen LogP) is 14.4. The summed E-state index contributed by atoms with van der Waals surface area (Å²) in [5.41, 5.74) is 8.07. The third kappa shape index (κ3) is 7.36. The molecule has 0 unspecified atom stereocenters. The van der Waals surface area contributed by atoms with Crippen LogP contribution in [-0.2, 0) is 16.2 Å². The summed E-state index contributed by atoms with van der Waals surface area (Å²) in [5.74, 6) is 0.695. The predicted molar refractivity (Wildman–Crippen MR) is 244 cm³/mol. The standard InChI is InChI=1S/C54H53N3O/c1-52(2,3)41-31-39(30-40(32-41)46-34-38(28-29-55-46)36-20-14-11-15-21-36)42-22-17-25-48-49(42)56-51(43-23-16-24-44(50(43)58)53(4,5)6)57(48)47-27-26-37(33-45(47)54(7,8)9)35-18-12-10-13-19-35/h10-34,58H,1-9H3/i11D,14D,15D,20D,21D,28D,29D,34D. The van der Waals surface area contributed by atoms with Crippen LogP contribution in [0.4, 0.5) is 0 Å². The van der Waals surface area contributed by atoms with Crippen molar-refractivity contribution in [3.8, 4) is 67.5 Å². The van der Waals surface area contributed by atoms with Gasteiger partial charge in [0.15, 0.2) is 0 Å². The number of aromatic hydroxyl groups is 1. The van der Waals surface area contributed by atoms with E-state index in [4.69, 9.17) is 14.6 Å². The van der Waals surface area contributed by atoms with E-state index in [1.165, 1.54) is 0 Å². The minimum absolute atomic E-state index is 0.0285. The molecule has 0 fully saturated rings. The molecule has 4 nitrogen and oxygen atoms in total. The van der Waals surface area contributed by atoms with Gasteiger partial charge in [-0.25, -0.2) is 4.98 Å². The van der Waals surface area contributed by atoms with E-state index in [0.29, 0.717) is 22.5 Å². The molecule has 0 atom stereocenters. The number of imidazole rings is 1. The van der Waals surface area contributed by atoms with Crippen molar-refractivity contribution in [3.05, 3.63) is 168 Å². The van der Waals surface area contributed by atoms with Gasteiger partial charge in [-0.3, -0.25) is 9.55 Å². The van der Waals surface area contributed by atoms with Gasteiger partial charge in [-0.05, 0) is 109 Å². The molecule has 0 spiro atoms. The number of phenols is 1. The van der Waals surface area contributed by atoms with E-state index in [0.717, 1.165) is 50.1 Å². The highest BCUT2D eigenvalue weighted by molar-refractivity contribution is 5.97. The molecule has 8 rings (SSSR count). The Kier molecular flexibility index (Phi) is 7.53. The van der Waals surface area contributed by atoms with Crippen LogP contribution in [0.15, 0.2) is 152 Å². The minimum Gasteiger partial charge on any atom is -0.507 e. The fourth-order valence-corrected chi connectivity index (χ4v) is 7.53. The Morgan fingerprint density at radius 2 is 1.24 bits per heavy atom. The highest BCUT2D eigenvalue weighted by Gasteiger charge is 2.28. The van der Waals surface area contributed by atoms with Crippen LogP contribution in [0.2, 0.25) is 0 Å². The number of aromatic nitrogens is 3. The average molecular weight is 768 g/mol. The minimum atomic E-state index is -0.598. The second kappa shape index (κ2) is 14.6. The smallest absolute Gasteiger partial charge is 0.149 e. The molecule has 58 heavy (non-hydrogen) atoms. The van der Waals surface area contributed by atoms with E-state index in [1.54, 1.807) is 0 Å². The second-order valence-corrected chi connectivity index (χ2v) is 18.0. The Balaban J connectivity index is 1.44. The van der Waals surface area contributed by atoms with Crippen molar-refractivity contribution in [2.24, 2.45) is 0 Å². The van der Waals surface area contributed by atoms with Crippen LogP contribution in [0.5, 0.6) is 5.75 Å². The van der Waals surface area contributed by atoms with E-state index in [2.05, 4.69) is 108 Å². The molecular weight excluding hydrogens is 707 g/mol. The SMILES string of the molecule is [2H]c1nc(-c2cc(-c3cccc4c3nc(-c3cccc(C(C)(C)C)c3O)n4-c3ccc(-c4ccccc4)cc3C(C)(C)C)cc(C(C)(C)C)c2)c([2H])c(-c2c([2H])c([2H])c([2H])c([2H])c2[2H])c1[2H]. The summed E-state index contributed by atoms with van der Waals surface area (Å²) in [7, 11) is 0. The van der Waals surface area contributed by atoms with Crippen LogP contribution in [0.25, 0.3) is 72.7 Å². The lowest BCUT2D eigenvalue weighted by Crippen LogP contribution is -2.16. The van der Waals surface area contributed by atoms with Gasteiger partial charge in [-0.2, -0.15) is 0 Å². The zero-order chi connectivity index (χ0) is 47.9. The van der Waals surface area contributed by atoms with E-state index in [1.807, 2.05) is 66.7 Å². The van der Waals surface area contributed by atoms with Crippen LogP contribution in [0.3, 0.4) is 0 Å². The maximum absolute atomic E-state index is 12.2. The van der Waals surface area contributed by atoms with Crippen molar-refractivity contribution in [2.75, 3.05) is 0 Å². The van der Waals surface area contributed by atoms with Gasteiger partial charge < -0.3 is 5.11 Å². The lowest BCUT2D eigenvalue weighted by Gasteiger charge is -2.26. The number of rotatable bonds is 6. The normalized spacial score (nSPS) is 14.2. The van der Waals surface area contributed by atoms with Crippen LogP contribution in [-0.4, -0.2) is 19.6 Å². The summed E-state index contributed by atoms with van der Waals surface area (Å²) < 4.78 is 71.5. The largest absolute Gasteiger partial charge is 0.507 e. The fraction of sp³-hybridized carbons (Fsp3) is 0.222. The molecular formula is C54H53N3O. The summed E-state index contributed by atoms with van der Waals surface area (Å²) in [4.78, 5) is 9.92. The molecule has 6 aromatic carbocycles. The van der Waals surface area contributed by atoms with Gasteiger partial charge in [0.25, 0.3) is 0 Å². The van der Waals surface area contributed by atoms with Crippen molar-refractivity contribution >= 4 is 11.0 Å². The molecule has 0 amide bonds. The molecule has 0 saturated carbocycles. The first kappa shape index (κ1) is 29.9. The molecule has 8 aromatic rings. The van der Waals surface area contributed by atoms with Crippen LogP contribution >= 0.6 is 0 Å². The van der Waals surface area contributed by atoms with Gasteiger partial charge in [0.2, 0.25) is 0 Å². The van der Waals surface area contributed by atoms with Gasteiger partial charge in [0.1, 0.15) is 11.6 Å². The Morgan fingerprint density at radius 3 is 1.95 bits per heavy atom. The number of para-hydroxylation sites is 2. The third-order valence-electron chi connectivity index (χ3n) is 10.6. The summed E-state index contributed by atoms with van der Waals surface area (Å²) in [6.45, 7) is 19.0. The van der Waals surface area contributed by atoms with Gasteiger partial charge in [0.05, 0.1) is 38.9 Å². The van der Waals surface area contributed by atoms with Gasteiger partial charge >= 0.3 is 0 Å². The molecule has 290 valence electrons. The van der Waals surface area contributed by atoms with Crippen molar-refractivity contribution in [2.45, 2.75) is 78.6 Å². The quantitative estimate of drug-likeness (QED) is 0.183. The lowest BCUT2D eigenvalue weighted by atomic mass is 9.83. The molecule has 4 heteroatoms. The van der Waals surface area contributed by atoms with Crippen molar-refractivity contribution in [1.29, 1.82) is 0 Å². The lowest BCUT2D eigenvalue weighted by molar-refractivity contribution is 0.448. The van der Waals surface area contributed by atoms with Crippen molar-refractivity contribution in [3.63, 3.8) is 0 Å². The Morgan fingerprint density at radius 1 is 0.552 bits per heavy atom. The maximum Gasteiger partial charge on any atom is 0.149 e. The monoisotopic (exact) mass is 767 g/mol. The van der Waals surface area contributed by atoms with Crippen molar-refractivity contribution < 1.29 is 16.1 Å². The average Bonchev–Trinajstić information content (AvgIpc) is 3.66. The third-order valence-corrected chi connectivity index (χ3v) is 10.6. The van der Waals surface area contributed by atoms with E-state index in [9.17, 15) is 6.48 Å². The summed E-state index contributed by atoms with van der Waals surface area (Å²) in [6, 6.07) is 30.6. The molecule has 0 saturated heterocycles. The molecule has 0 aliphatic rings. The number of fused-ring (bicyclic) bond motifs is 1. The molecule has 0 bridgehead atoms. The topological polar surface area (TPSA) is 50.9 Å². The van der Waals surface area contributed by atoms with E-state index >= 15 is 0 Å². The number of pyridine rings is 1. The van der Waals surface area contributed by atoms with Crippen LogP contribution in [0, 0.1) is 0 Å². The second-order valence-electron chi connectivity index (χ2n) is 18.0. The number of benzene rings is 6. The number of hydrogen-bond acceptors (Lipinski definition) is 3. The highest BCUT2D eigenvalue weighted by Crippen LogP contribution is 2.44. The molecule has 0 aliphatic carbocycles. The van der Waals surface area contributed by atoms with Gasteiger partial charge in [0, 0.05) is 17.3 Å². The Bertz CT molecular complexity index is 3220. The first-order chi connectivity index (χ1) is 30.9. The summed E-state index contributed by atoms with van der Waals surface area (Å²) in [6.07, 6.45) is -0.499. The van der Waals surface area contributed by atoms with Crippen LogP contribution < -0.4 is 0 Å². The highest BCUT2D eigenvalue weighted by atomic mass is 16.3. The number of hydrogen-bond donors (Lipinski definition) is 1. The van der Waals surface area contributed by atoms with E-state index < -0.39 is 47.8 Å². The zero-order valence-electron chi connectivity index (χ0n) is 42.6. The molecule has 1 N–H and O–H groups in total. The molecule has 0 aliphatic heterocycles. The zero-order valence-corrected chi connectivity index (χ0v) is 34.6. The molecule has 2 heterocycles. The number of nitrogens with zero attached hydrogens (tertiary/aromatic N) is 3. The Labute approximate surface area is 355 Å². The summed E-state index contributed by atoms with van der Waals surface area (Å²) in [5, 5.41) is 12.2. The fourth-order valence-electron chi connectivity index (χ4n) is 7.53. The first-order valence-corrected chi connectivity index (χ1v) is 19.7. The van der Waals surface area contributed by atoms with Crippen LogP contribution in [0.1, 0.15) is 90.0 Å². The first-order valence-electron chi connectivity index (χ1n) is 23.7. The van der Waals surface area contributed by atoms with Crippen molar-refractivity contribution in [1.82, 2.24) is 14.5 Å². The summed E-state index contributed by atoms with van der Waals surface area (Å²) >= 11 is 0. The van der Waals surface area contributed by atoms with Gasteiger partial charge in [-0.15, -0.1) is 0 Å². The molecule has 2 aromatic heterocycles. The number of phenolic OH excluding ortho intramolecular Hbond substituents is 1. The van der Waals surface area contributed by atoms with E-state index in [-0.39, 0.29) is 39.4 Å². The molecule has 0 radical (unpaired) electrons. The Hall–Kier alpha value is -6.26. The maximum atomic E-state index is 12.2.